The van der Waals surface area contributed by atoms with Crippen molar-refractivity contribution in [3.05, 3.63) is 52.6 Å². The Kier molecular flexibility index (Phi) is 5.42. The molecule has 2 aromatic rings. The van der Waals surface area contributed by atoms with E-state index in [1.165, 1.54) is 0 Å². The molecule has 1 fully saturated rings. The fraction of sp³-hybridized carbons (Fsp3) is 0.412. The molecule has 6 nitrogen and oxygen atoms in total. The number of H-pyrrole nitrogens is 1. The van der Waals surface area contributed by atoms with Crippen LogP contribution in [0, 0.1) is 0 Å². The van der Waals surface area contributed by atoms with Gasteiger partial charge < -0.3 is 15.2 Å². The molecule has 1 aliphatic heterocycles. The van der Waals surface area contributed by atoms with Crippen molar-refractivity contribution in [3.63, 3.8) is 0 Å². The number of aromatic amines is 1. The van der Waals surface area contributed by atoms with Crippen molar-refractivity contribution in [2.45, 2.75) is 30.3 Å². The van der Waals surface area contributed by atoms with E-state index in [4.69, 9.17) is 0 Å². The molecule has 0 saturated carbocycles. The van der Waals surface area contributed by atoms with Crippen LogP contribution < -0.4 is 15.8 Å². The van der Waals surface area contributed by atoms with E-state index < -0.39 is 10.8 Å². The minimum absolute atomic E-state index is 0.138. The van der Waals surface area contributed by atoms with Crippen LogP contribution in [0.3, 0.4) is 0 Å². The molecule has 0 radical (unpaired) electrons. The average Bonchev–Trinajstić information content (AvgIpc) is 2.61. The van der Waals surface area contributed by atoms with Gasteiger partial charge in [0.2, 0.25) is 0 Å². The summed E-state index contributed by atoms with van der Waals surface area (Å²) >= 11 is 0. The highest BCUT2D eigenvalue weighted by atomic mass is 32.2. The standard InChI is InChI=1S/C17H22N4O2S/c1-24(23)15-6-4-13(5-7-15)11-20-14-3-2-10-21(12-14)16-17(22)19-9-8-18-16/h4-9,14,20H,2-3,10-12H2,1H3,(H,19,22)/t14-,24-/m1/s1. The van der Waals surface area contributed by atoms with E-state index in [0.29, 0.717) is 11.9 Å². The van der Waals surface area contributed by atoms with Crippen LogP contribution in [0.5, 0.6) is 0 Å². The molecule has 1 aromatic heterocycles. The Labute approximate surface area is 143 Å². The quantitative estimate of drug-likeness (QED) is 0.852. The molecule has 24 heavy (non-hydrogen) atoms. The van der Waals surface area contributed by atoms with Gasteiger partial charge in [-0.05, 0) is 30.5 Å². The predicted molar refractivity (Wildman–Crippen MR) is 95.7 cm³/mol. The van der Waals surface area contributed by atoms with E-state index in [9.17, 15) is 9.00 Å². The van der Waals surface area contributed by atoms with E-state index in [1.807, 2.05) is 29.2 Å². The lowest BCUT2D eigenvalue weighted by Crippen LogP contribution is -2.47. The summed E-state index contributed by atoms with van der Waals surface area (Å²) < 4.78 is 11.4. The van der Waals surface area contributed by atoms with Crippen LogP contribution in [-0.2, 0) is 17.3 Å². The van der Waals surface area contributed by atoms with Gasteiger partial charge in [-0.25, -0.2) is 4.98 Å². The number of nitrogens with one attached hydrogen (secondary N) is 2. The van der Waals surface area contributed by atoms with Crippen LogP contribution in [-0.4, -0.2) is 39.6 Å². The lowest BCUT2D eigenvalue weighted by molar-refractivity contribution is 0.419. The molecule has 0 spiro atoms. The molecule has 128 valence electrons. The molecule has 1 saturated heterocycles. The number of anilines is 1. The number of hydrogen-bond acceptors (Lipinski definition) is 5. The summed E-state index contributed by atoms with van der Waals surface area (Å²) in [7, 11) is -0.940. The van der Waals surface area contributed by atoms with Gasteiger partial charge in [0.15, 0.2) is 5.82 Å². The zero-order chi connectivity index (χ0) is 16.9. The summed E-state index contributed by atoms with van der Waals surface area (Å²) in [5, 5.41) is 3.55. The molecule has 0 unspecified atom stereocenters. The first-order valence-corrected chi connectivity index (χ1v) is 9.63. The first-order valence-electron chi connectivity index (χ1n) is 8.08. The third kappa shape index (κ3) is 4.10. The summed E-state index contributed by atoms with van der Waals surface area (Å²) in [5.41, 5.74) is 1.03. The van der Waals surface area contributed by atoms with Crippen LogP contribution in [0.1, 0.15) is 18.4 Å². The maximum atomic E-state index is 11.9. The lowest BCUT2D eigenvalue weighted by atomic mass is 10.1. The molecule has 7 heteroatoms. The highest BCUT2D eigenvalue weighted by molar-refractivity contribution is 7.84. The second-order valence-electron chi connectivity index (χ2n) is 6.01. The summed E-state index contributed by atoms with van der Waals surface area (Å²) in [6.45, 7) is 2.39. The second kappa shape index (κ2) is 7.72. The summed E-state index contributed by atoms with van der Waals surface area (Å²) in [4.78, 5) is 21.7. The number of rotatable bonds is 5. The van der Waals surface area contributed by atoms with Crippen molar-refractivity contribution in [2.75, 3.05) is 24.2 Å². The molecular formula is C17H22N4O2S. The van der Waals surface area contributed by atoms with Crippen molar-refractivity contribution >= 4 is 16.6 Å². The Balaban J connectivity index is 1.58. The topological polar surface area (TPSA) is 78.1 Å². The monoisotopic (exact) mass is 346 g/mol. The first kappa shape index (κ1) is 16.9. The van der Waals surface area contributed by atoms with Gasteiger partial charge in [0.1, 0.15) is 0 Å². The van der Waals surface area contributed by atoms with Gasteiger partial charge in [-0.2, -0.15) is 0 Å². The molecule has 0 amide bonds. The van der Waals surface area contributed by atoms with E-state index in [1.54, 1.807) is 18.6 Å². The molecular weight excluding hydrogens is 324 g/mol. The van der Waals surface area contributed by atoms with Gasteiger partial charge in [-0.1, -0.05) is 12.1 Å². The Morgan fingerprint density at radius 1 is 1.38 bits per heavy atom. The Hall–Kier alpha value is -1.99. The van der Waals surface area contributed by atoms with Crippen molar-refractivity contribution in [3.8, 4) is 0 Å². The predicted octanol–water partition coefficient (Wildman–Crippen LogP) is 1.27. The highest BCUT2D eigenvalue weighted by Crippen LogP contribution is 2.15. The molecule has 2 N–H and O–H groups in total. The smallest absolute Gasteiger partial charge is 0.290 e. The molecule has 1 aromatic carbocycles. The Morgan fingerprint density at radius 2 is 2.17 bits per heavy atom. The third-order valence-corrected chi connectivity index (χ3v) is 5.20. The number of hydrogen-bond donors (Lipinski definition) is 2. The van der Waals surface area contributed by atoms with Gasteiger partial charge in [0.25, 0.3) is 5.56 Å². The fourth-order valence-corrected chi connectivity index (χ4v) is 3.49. The van der Waals surface area contributed by atoms with Crippen LogP contribution in [0.15, 0.2) is 46.3 Å². The van der Waals surface area contributed by atoms with Crippen molar-refractivity contribution < 1.29 is 4.21 Å². The van der Waals surface area contributed by atoms with Gasteiger partial charge in [-0.3, -0.25) is 9.00 Å². The Morgan fingerprint density at radius 3 is 2.88 bits per heavy atom. The van der Waals surface area contributed by atoms with Crippen LogP contribution >= 0.6 is 0 Å². The minimum atomic E-state index is -0.940. The lowest BCUT2D eigenvalue weighted by Gasteiger charge is -2.33. The van der Waals surface area contributed by atoms with Crippen molar-refractivity contribution in [1.29, 1.82) is 0 Å². The van der Waals surface area contributed by atoms with Gasteiger partial charge in [-0.15, -0.1) is 0 Å². The molecule has 1 aliphatic rings. The maximum absolute atomic E-state index is 11.9. The highest BCUT2D eigenvalue weighted by Gasteiger charge is 2.22. The van der Waals surface area contributed by atoms with Crippen LogP contribution in [0.25, 0.3) is 0 Å². The molecule has 3 rings (SSSR count). The third-order valence-electron chi connectivity index (χ3n) is 4.26. The van der Waals surface area contributed by atoms with Crippen molar-refractivity contribution in [1.82, 2.24) is 15.3 Å². The number of aromatic nitrogens is 2. The molecule has 0 aliphatic carbocycles. The van der Waals surface area contributed by atoms with Crippen LogP contribution in [0.4, 0.5) is 5.82 Å². The summed E-state index contributed by atoms with van der Waals surface area (Å²) in [6, 6.07) is 8.16. The first-order chi connectivity index (χ1) is 11.6. The SMILES string of the molecule is C[S@@](=O)c1ccc(CN[C@@H]2CCCN(c3ncc[nH]c3=O)C2)cc1. The molecule has 0 bridgehead atoms. The number of nitrogens with zero attached hydrogens (tertiary/aromatic N) is 2. The van der Waals surface area contributed by atoms with Gasteiger partial charge >= 0.3 is 0 Å². The number of benzene rings is 1. The van der Waals surface area contributed by atoms with E-state index >= 15 is 0 Å². The zero-order valence-electron chi connectivity index (χ0n) is 13.7. The molecule has 2 atom stereocenters. The second-order valence-corrected chi connectivity index (χ2v) is 7.39. The number of piperidine rings is 1. The minimum Gasteiger partial charge on any atom is -0.350 e. The van der Waals surface area contributed by atoms with Gasteiger partial charge in [0, 0.05) is 60.0 Å². The zero-order valence-corrected chi connectivity index (χ0v) is 14.5. The van der Waals surface area contributed by atoms with E-state index in [0.717, 1.165) is 42.9 Å². The van der Waals surface area contributed by atoms with Crippen LogP contribution in [0.2, 0.25) is 0 Å². The summed E-state index contributed by atoms with van der Waals surface area (Å²) in [6.07, 6.45) is 6.97. The maximum Gasteiger partial charge on any atom is 0.290 e. The normalized spacial score (nSPS) is 19.2. The van der Waals surface area contributed by atoms with E-state index in [2.05, 4.69) is 15.3 Å². The fourth-order valence-electron chi connectivity index (χ4n) is 2.97. The Bertz CT molecular complexity index is 760. The van der Waals surface area contributed by atoms with E-state index in [-0.39, 0.29) is 5.56 Å². The van der Waals surface area contributed by atoms with Crippen molar-refractivity contribution in [2.24, 2.45) is 0 Å². The average molecular weight is 346 g/mol. The summed E-state index contributed by atoms with van der Waals surface area (Å²) in [5.74, 6) is 0.499. The largest absolute Gasteiger partial charge is 0.350 e. The van der Waals surface area contributed by atoms with Gasteiger partial charge in [0.05, 0.1) is 0 Å². The molecule has 2 heterocycles.